The molecular formula is C14H16N4O. The summed E-state index contributed by atoms with van der Waals surface area (Å²) < 4.78 is 0. The predicted molar refractivity (Wildman–Crippen MR) is 76.0 cm³/mol. The van der Waals surface area contributed by atoms with Crippen molar-refractivity contribution in [3.8, 4) is 0 Å². The number of rotatable bonds is 1. The van der Waals surface area contributed by atoms with E-state index in [9.17, 15) is 4.79 Å². The summed E-state index contributed by atoms with van der Waals surface area (Å²) in [5.74, 6) is 0.0388. The molecule has 2 aromatic rings. The molecule has 1 aromatic carbocycles. The lowest BCUT2D eigenvalue weighted by Crippen LogP contribution is -2.54. The Morgan fingerprint density at radius 3 is 3.11 bits per heavy atom. The molecule has 2 heterocycles. The van der Waals surface area contributed by atoms with Crippen molar-refractivity contribution >= 4 is 28.2 Å². The summed E-state index contributed by atoms with van der Waals surface area (Å²) in [6.07, 6.45) is 1.75. The van der Waals surface area contributed by atoms with Crippen LogP contribution in [0.2, 0.25) is 0 Å². The molecule has 0 radical (unpaired) electrons. The molecule has 0 aliphatic carbocycles. The maximum absolute atomic E-state index is 11.7. The smallest absolute Gasteiger partial charge is 0.242 e. The number of nitrogen functional groups attached to an aromatic ring is 1. The zero-order chi connectivity index (χ0) is 13.4. The summed E-state index contributed by atoms with van der Waals surface area (Å²) in [4.78, 5) is 18.1. The van der Waals surface area contributed by atoms with Gasteiger partial charge in [-0.1, -0.05) is 0 Å². The lowest BCUT2D eigenvalue weighted by Gasteiger charge is -2.35. The van der Waals surface area contributed by atoms with E-state index in [2.05, 4.69) is 10.3 Å². The molecule has 1 aromatic heterocycles. The van der Waals surface area contributed by atoms with Gasteiger partial charge >= 0.3 is 0 Å². The standard InChI is InChI=1S/C14H16N4O/c1-9-14(19)17-7-8-18(9)12-5-4-11-10(13(12)15)3-2-6-16-11/h2-6,9H,7-8,15H2,1H3,(H,17,19). The van der Waals surface area contributed by atoms with Crippen molar-refractivity contribution in [1.29, 1.82) is 0 Å². The summed E-state index contributed by atoms with van der Waals surface area (Å²) in [5, 5.41) is 3.78. The molecule has 5 heteroatoms. The van der Waals surface area contributed by atoms with Gasteiger partial charge in [0.15, 0.2) is 0 Å². The number of nitrogens with one attached hydrogen (secondary N) is 1. The Morgan fingerprint density at radius 2 is 2.26 bits per heavy atom. The third kappa shape index (κ3) is 1.87. The SMILES string of the molecule is CC1C(=O)NCCN1c1ccc2ncccc2c1N. The molecule has 1 aliphatic heterocycles. The Labute approximate surface area is 111 Å². The van der Waals surface area contributed by atoms with E-state index in [1.54, 1.807) is 6.20 Å². The van der Waals surface area contributed by atoms with Gasteiger partial charge in [0.25, 0.3) is 0 Å². The number of benzene rings is 1. The fourth-order valence-electron chi connectivity index (χ4n) is 2.53. The van der Waals surface area contributed by atoms with Crippen molar-refractivity contribution in [2.45, 2.75) is 13.0 Å². The first-order valence-electron chi connectivity index (χ1n) is 6.36. The minimum absolute atomic E-state index is 0.0388. The highest BCUT2D eigenvalue weighted by molar-refractivity contribution is 5.98. The van der Waals surface area contributed by atoms with Crippen LogP contribution in [0, 0.1) is 0 Å². The lowest BCUT2D eigenvalue weighted by atomic mass is 10.1. The molecule has 1 aliphatic rings. The van der Waals surface area contributed by atoms with Gasteiger partial charge in [-0.2, -0.15) is 0 Å². The van der Waals surface area contributed by atoms with Gasteiger partial charge in [-0.3, -0.25) is 9.78 Å². The summed E-state index contributed by atoms with van der Waals surface area (Å²) in [6.45, 7) is 3.30. The van der Waals surface area contributed by atoms with Gasteiger partial charge < -0.3 is 16.0 Å². The zero-order valence-electron chi connectivity index (χ0n) is 10.8. The van der Waals surface area contributed by atoms with Crippen LogP contribution in [0.15, 0.2) is 30.5 Å². The number of fused-ring (bicyclic) bond motifs is 1. The highest BCUT2D eigenvalue weighted by atomic mass is 16.2. The van der Waals surface area contributed by atoms with Gasteiger partial charge in [-0.15, -0.1) is 0 Å². The van der Waals surface area contributed by atoms with Gasteiger partial charge in [0.1, 0.15) is 6.04 Å². The summed E-state index contributed by atoms with van der Waals surface area (Å²) in [5.41, 5.74) is 8.71. The molecule has 1 amide bonds. The van der Waals surface area contributed by atoms with E-state index >= 15 is 0 Å². The third-order valence-electron chi connectivity index (χ3n) is 3.61. The average molecular weight is 256 g/mol. The van der Waals surface area contributed by atoms with Gasteiger partial charge in [0.05, 0.1) is 16.9 Å². The van der Waals surface area contributed by atoms with E-state index in [1.807, 2.05) is 36.1 Å². The number of nitrogens with two attached hydrogens (primary N) is 1. The zero-order valence-corrected chi connectivity index (χ0v) is 10.8. The minimum atomic E-state index is -0.204. The summed E-state index contributed by atoms with van der Waals surface area (Å²) in [6, 6.07) is 7.51. The van der Waals surface area contributed by atoms with Crippen molar-refractivity contribution in [3.63, 3.8) is 0 Å². The highest BCUT2D eigenvalue weighted by Gasteiger charge is 2.27. The average Bonchev–Trinajstić information content (AvgIpc) is 2.43. The van der Waals surface area contributed by atoms with Crippen molar-refractivity contribution < 1.29 is 4.79 Å². The first kappa shape index (κ1) is 11.8. The van der Waals surface area contributed by atoms with E-state index < -0.39 is 0 Å². The monoisotopic (exact) mass is 256 g/mol. The number of hydrogen-bond acceptors (Lipinski definition) is 4. The molecule has 0 bridgehead atoms. The van der Waals surface area contributed by atoms with Crippen LogP contribution in [0.3, 0.4) is 0 Å². The maximum atomic E-state index is 11.7. The van der Waals surface area contributed by atoms with Crippen LogP contribution in [0.5, 0.6) is 0 Å². The van der Waals surface area contributed by atoms with Crippen LogP contribution < -0.4 is 16.0 Å². The number of carbonyl (C=O) groups is 1. The number of anilines is 2. The fourth-order valence-corrected chi connectivity index (χ4v) is 2.53. The molecule has 5 nitrogen and oxygen atoms in total. The van der Waals surface area contributed by atoms with E-state index in [1.165, 1.54) is 0 Å². The molecule has 0 saturated carbocycles. The second-order valence-corrected chi connectivity index (χ2v) is 4.73. The molecule has 1 fully saturated rings. The Balaban J connectivity index is 2.10. The molecule has 1 saturated heterocycles. The Kier molecular flexibility index (Phi) is 2.74. The number of carbonyl (C=O) groups excluding carboxylic acids is 1. The molecule has 3 rings (SSSR count). The number of piperazine rings is 1. The fraction of sp³-hybridized carbons (Fsp3) is 0.286. The molecule has 98 valence electrons. The van der Waals surface area contributed by atoms with E-state index in [0.717, 1.165) is 23.1 Å². The number of nitrogens with zero attached hydrogens (tertiary/aromatic N) is 2. The number of hydrogen-bond donors (Lipinski definition) is 2. The van der Waals surface area contributed by atoms with E-state index in [-0.39, 0.29) is 11.9 Å². The van der Waals surface area contributed by atoms with Crippen molar-refractivity contribution in [1.82, 2.24) is 10.3 Å². The largest absolute Gasteiger partial charge is 0.396 e. The lowest BCUT2D eigenvalue weighted by molar-refractivity contribution is -0.122. The Bertz CT molecular complexity index is 640. The van der Waals surface area contributed by atoms with Crippen LogP contribution in [-0.2, 0) is 4.79 Å². The second kappa shape index (κ2) is 4.42. The number of aromatic nitrogens is 1. The van der Waals surface area contributed by atoms with Crippen molar-refractivity contribution in [2.75, 3.05) is 23.7 Å². The van der Waals surface area contributed by atoms with Crippen LogP contribution in [0.25, 0.3) is 10.9 Å². The molecule has 0 spiro atoms. The Hall–Kier alpha value is -2.30. The molecular weight excluding hydrogens is 240 g/mol. The molecule has 3 N–H and O–H groups in total. The van der Waals surface area contributed by atoms with Crippen LogP contribution in [0.4, 0.5) is 11.4 Å². The maximum Gasteiger partial charge on any atom is 0.242 e. The van der Waals surface area contributed by atoms with Gasteiger partial charge in [-0.05, 0) is 31.2 Å². The first-order chi connectivity index (χ1) is 9.18. The number of amides is 1. The normalized spacial score (nSPS) is 19.5. The number of pyridine rings is 1. The second-order valence-electron chi connectivity index (χ2n) is 4.73. The predicted octanol–water partition coefficient (Wildman–Crippen LogP) is 1.14. The van der Waals surface area contributed by atoms with Gasteiger partial charge in [0.2, 0.25) is 5.91 Å². The van der Waals surface area contributed by atoms with Gasteiger partial charge in [-0.25, -0.2) is 0 Å². The van der Waals surface area contributed by atoms with Gasteiger partial charge in [0, 0.05) is 24.7 Å². The first-order valence-corrected chi connectivity index (χ1v) is 6.36. The molecule has 1 atom stereocenters. The summed E-state index contributed by atoms with van der Waals surface area (Å²) >= 11 is 0. The van der Waals surface area contributed by atoms with Crippen LogP contribution >= 0.6 is 0 Å². The molecule has 1 unspecified atom stereocenters. The minimum Gasteiger partial charge on any atom is -0.396 e. The topological polar surface area (TPSA) is 71.2 Å². The van der Waals surface area contributed by atoms with Crippen molar-refractivity contribution in [2.24, 2.45) is 0 Å². The van der Waals surface area contributed by atoms with E-state index in [4.69, 9.17) is 5.73 Å². The summed E-state index contributed by atoms with van der Waals surface area (Å²) in [7, 11) is 0. The highest BCUT2D eigenvalue weighted by Crippen LogP contribution is 2.32. The van der Waals surface area contributed by atoms with Crippen LogP contribution in [-0.4, -0.2) is 30.0 Å². The van der Waals surface area contributed by atoms with E-state index in [0.29, 0.717) is 12.2 Å². The third-order valence-corrected chi connectivity index (χ3v) is 3.61. The molecule has 19 heavy (non-hydrogen) atoms. The van der Waals surface area contributed by atoms with Crippen LogP contribution in [0.1, 0.15) is 6.92 Å². The van der Waals surface area contributed by atoms with Crippen molar-refractivity contribution in [3.05, 3.63) is 30.5 Å². The quantitative estimate of drug-likeness (QED) is 0.751. The Morgan fingerprint density at radius 1 is 1.42 bits per heavy atom.